The molecule has 4 heteroatoms. The fourth-order valence-corrected chi connectivity index (χ4v) is 1.83. The average molecular weight is 256 g/mol. The van der Waals surface area contributed by atoms with Crippen molar-refractivity contribution in [3.63, 3.8) is 0 Å². The van der Waals surface area contributed by atoms with E-state index in [1.807, 2.05) is 25.1 Å². The zero-order chi connectivity index (χ0) is 13.8. The maximum atomic E-state index is 11.9. The van der Waals surface area contributed by atoms with Crippen molar-refractivity contribution < 1.29 is 4.79 Å². The van der Waals surface area contributed by atoms with E-state index < -0.39 is 0 Å². The fourth-order valence-electron chi connectivity index (χ4n) is 1.83. The molecular weight excluding hydrogens is 240 g/mol. The number of nitrogens with one attached hydrogen (secondary N) is 1. The zero-order valence-electron chi connectivity index (χ0n) is 11.0. The van der Waals surface area contributed by atoms with E-state index in [1.54, 1.807) is 25.4 Å². The molecule has 0 aliphatic carbocycles. The molecule has 0 unspecified atom stereocenters. The summed E-state index contributed by atoms with van der Waals surface area (Å²) >= 11 is 0. The second-order valence-corrected chi connectivity index (χ2v) is 4.54. The third-order valence-corrected chi connectivity index (χ3v) is 2.88. The molecule has 1 N–H and O–H groups in total. The molecule has 1 heterocycles. The van der Waals surface area contributed by atoms with Gasteiger partial charge in [0.2, 0.25) is 5.56 Å². The molecule has 1 aromatic heterocycles. The van der Waals surface area contributed by atoms with E-state index in [9.17, 15) is 9.59 Å². The van der Waals surface area contributed by atoms with Crippen LogP contribution in [0.4, 0.5) is 0 Å². The van der Waals surface area contributed by atoms with Gasteiger partial charge >= 0.3 is 0 Å². The summed E-state index contributed by atoms with van der Waals surface area (Å²) in [6.07, 6.45) is 1.72. The quantitative estimate of drug-likeness (QED) is 0.907. The Labute approximate surface area is 111 Å². The van der Waals surface area contributed by atoms with E-state index in [1.165, 1.54) is 10.6 Å². The van der Waals surface area contributed by atoms with Gasteiger partial charge in [0, 0.05) is 31.4 Å². The van der Waals surface area contributed by atoms with Crippen LogP contribution in [0.1, 0.15) is 21.5 Å². The molecule has 0 radical (unpaired) electrons. The van der Waals surface area contributed by atoms with Gasteiger partial charge in [-0.2, -0.15) is 0 Å². The zero-order valence-corrected chi connectivity index (χ0v) is 11.0. The molecule has 0 saturated carbocycles. The number of carbonyl (C=O) groups excluding carboxylic acids is 1. The third-order valence-electron chi connectivity index (χ3n) is 2.88. The molecule has 0 fully saturated rings. The Hall–Kier alpha value is -2.36. The minimum absolute atomic E-state index is 0.0613. The van der Waals surface area contributed by atoms with Crippen LogP contribution >= 0.6 is 0 Å². The van der Waals surface area contributed by atoms with Gasteiger partial charge < -0.3 is 9.88 Å². The van der Waals surface area contributed by atoms with E-state index in [4.69, 9.17) is 0 Å². The van der Waals surface area contributed by atoms with Crippen LogP contribution < -0.4 is 10.9 Å². The molecule has 0 saturated heterocycles. The number of aromatic nitrogens is 1. The molecule has 19 heavy (non-hydrogen) atoms. The highest BCUT2D eigenvalue weighted by Gasteiger charge is 2.05. The van der Waals surface area contributed by atoms with Crippen molar-refractivity contribution in [2.24, 2.45) is 7.05 Å². The van der Waals surface area contributed by atoms with Crippen LogP contribution in [0.2, 0.25) is 0 Å². The van der Waals surface area contributed by atoms with Crippen LogP contribution in [0.25, 0.3) is 0 Å². The third kappa shape index (κ3) is 3.31. The SMILES string of the molecule is Cc1cccc(C(=O)NCc2ccc(=O)n(C)c2)c1. The standard InChI is InChI=1S/C15H16N2O2/c1-11-4-3-5-13(8-11)15(19)16-9-12-6-7-14(18)17(2)10-12/h3-8,10H,9H2,1-2H3,(H,16,19). The van der Waals surface area contributed by atoms with Crippen molar-refractivity contribution in [1.82, 2.24) is 9.88 Å². The first-order valence-corrected chi connectivity index (χ1v) is 6.07. The summed E-state index contributed by atoms with van der Waals surface area (Å²) in [6, 6.07) is 10.6. The van der Waals surface area contributed by atoms with Crippen LogP contribution in [-0.4, -0.2) is 10.5 Å². The lowest BCUT2D eigenvalue weighted by molar-refractivity contribution is 0.0950. The highest BCUT2D eigenvalue weighted by molar-refractivity contribution is 5.94. The van der Waals surface area contributed by atoms with E-state index >= 15 is 0 Å². The first kappa shape index (κ1) is 13.1. The molecule has 0 aliphatic rings. The maximum Gasteiger partial charge on any atom is 0.251 e. The van der Waals surface area contributed by atoms with E-state index in [0.29, 0.717) is 12.1 Å². The Morgan fingerprint density at radius 3 is 2.74 bits per heavy atom. The number of benzene rings is 1. The lowest BCUT2D eigenvalue weighted by Crippen LogP contribution is -2.24. The Morgan fingerprint density at radius 1 is 1.26 bits per heavy atom. The van der Waals surface area contributed by atoms with Crippen LogP contribution in [-0.2, 0) is 13.6 Å². The van der Waals surface area contributed by atoms with Gasteiger partial charge in [0.05, 0.1) is 0 Å². The fraction of sp³-hybridized carbons (Fsp3) is 0.200. The highest BCUT2D eigenvalue weighted by atomic mass is 16.1. The number of nitrogens with zero attached hydrogens (tertiary/aromatic N) is 1. The molecule has 98 valence electrons. The Morgan fingerprint density at radius 2 is 2.05 bits per heavy atom. The molecule has 4 nitrogen and oxygen atoms in total. The first-order valence-electron chi connectivity index (χ1n) is 6.07. The second kappa shape index (κ2) is 5.52. The highest BCUT2D eigenvalue weighted by Crippen LogP contribution is 2.04. The van der Waals surface area contributed by atoms with Crippen molar-refractivity contribution in [2.45, 2.75) is 13.5 Å². The molecule has 1 amide bonds. The van der Waals surface area contributed by atoms with Crippen LogP contribution in [0.3, 0.4) is 0 Å². The summed E-state index contributed by atoms with van der Waals surface area (Å²) in [5.41, 5.74) is 2.52. The van der Waals surface area contributed by atoms with Gasteiger partial charge in [0.25, 0.3) is 5.91 Å². The molecule has 0 bridgehead atoms. The predicted molar refractivity (Wildman–Crippen MR) is 74.0 cm³/mol. The van der Waals surface area contributed by atoms with Crippen molar-refractivity contribution in [3.8, 4) is 0 Å². The molecule has 1 aromatic carbocycles. The smallest absolute Gasteiger partial charge is 0.251 e. The minimum atomic E-state index is -0.113. The van der Waals surface area contributed by atoms with Crippen LogP contribution in [0.15, 0.2) is 47.4 Å². The summed E-state index contributed by atoms with van der Waals surface area (Å²) in [4.78, 5) is 23.2. The van der Waals surface area contributed by atoms with Crippen LogP contribution in [0.5, 0.6) is 0 Å². The largest absolute Gasteiger partial charge is 0.348 e. The number of hydrogen-bond donors (Lipinski definition) is 1. The van der Waals surface area contributed by atoms with Gasteiger partial charge in [-0.1, -0.05) is 23.8 Å². The number of carbonyl (C=O) groups is 1. The lowest BCUT2D eigenvalue weighted by Gasteiger charge is -2.07. The van der Waals surface area contributed by atoms with Crippen molar-refractivity contribution in [1.29, 1.82) is 0 Å². The number of rotatable bonds is 3. The number of amides is 1. The van der Waals surface area contributed by atoms with Gasteiger partial charge in [-0.3, -0.25) is 9.59 Å². The average Bonchev–Trinajstić information content (AvgIpc) is 2.40. The van der Waals surface area contributed by atoms with E-state index in [2.05, 4.69) is 5.32 Å². The number of pyridine rings is 1. The Balaban J connectivity index is 2.04. The molecule has 2 rings (SSSR count). The number of hydrogen-bond acceptors (Lipinski definition) is 2. The monoisotopic (exact) mass is 256 g/mol. The van der Waals surface area contributed by atoms with Crippen molar-refractivity contribution in [3.05, 3.63) is 69.6 Å². The van der Waals surface area contributed by atoms with E-state index in [0.717, 1.165) is 11.1 Å². The van der Waals surface area contributed by atoms with Crippen molar-refractivity contribution >= 4 is 5.91 Å². The summed E-state index contributed by atoms with van der Waals surface area (Å²) in [5.74, 6) is -0.113. The topological polar surface area (TPSA) is 51.1 Å². The second-order valence-electron chi connectivity index (χ2n) is 4.54. The van der Waals surface area contributed by atoms with E-state index in [-0.39, 0.29) is 11.5 Å². The summed E-state index contributed by atoms with van der Waals surface area (Å²) in [6.45, 7) is 2.35. The van der Waals surface area contributed by atoms with Gasteiger partial charge in [0.1, 0.15) is 0 Å². The lowest BCUT2D eigenvalue weighted by atomic mass is 10.1. The summed E-state index contributed by atoms with van der Waals surface area (Å²) < 4.78 is 1.49. The molecule has 0 aliphatic heterocycles. The molecule has 0 spiro atoms. The Kier molecular flexibility index (Phi) is 3.80. The van der Waals surface area contributed by atoms with Gasteiger partial charge in [0.15, 0.2) is 0 Å². The number of aryl methyl sites for hydroxylation is 2. The normalized spacial score (nSPS) is 10.2. The van der Waals surface area contributed by atoms with Gasteiger partial charge in [-0.25, -0.2) is 0 Å². The molecule has 0 atom stereocenters. The van der Waals surface area contributed by atoms with Crippen molar-refractivity contribution in [2.75, 3.05) is 0 Å². The predicted octanol–water partition coefficient (Wildman–Crippen LogP) is 1.62. The first-order chi connectivity index (χ1) is 9.06. The molecular formula is C15H16N2O2. The summed E-state index contributed by atoms with van der Waals surface area (Å²) in [5, 5.41) is 2.83. The van der Waals surface area contributed by atoms with Gasteiger partial charge in [-0.15, -0.1) is 0 Å². The maximum absolute atomic E-state index is 11.9. The van der Waals surface area contributed by atoms with Crippen LogP contribution in [0, 0.1) is 6.92 Å². The Bertz CT molecular complexity index is 659. The molecule has 2 aromatic rings. The van der Waals surface area contributed by atoms with Gasteiger partial charge in [-0.05, 0) is 24.6 Å². The minimum Gasteiger partial charge on any atom is -0.348 e. The summed E-state index contributed by atoms with van der Waals surface area (Å²) in [7, 11) is 1.69.